The molecule has 24 heavy (non-hydrogen) atoms. The summed E-state index contributed by atoms with van der Waals surface area (Å²) in [6.07, 6.45) is 4.81. The fraction of sp³-hybridized carbons (Fsp3) is 0.200. The lowest BCUT2D eigenvalue weighted by atomic mass is 10.2. The second kappa shape index (κ2) is 8.32. The quantitative estimate of drug-likeness (QED) is 0.442. The van der Waals surface area contributed by atoms with E-state index >= 15 is 0 Å². The molecule has 0 bridgehead atoms. The van der Waals surface area contributed by atoms with Gasteiger partial charge in [0, 0.05) is 43.2 Å². The number of nitro groups is 1. The summed E-state index contributed by atoms with van der Waals surface area (Å²) < 4.78 is 0. The Balaban J connectivity index is 1.69. The van der Waals surface area contributed by atoms with Gasteiger partial charge in [0.05, 0.1) is 11.1 Å². The van der Waals surface area contributed by atoms with Gasteiger partial charge in [0.25, 0.3) is 17.5 Å². The number of amides is 2. The zero-order valence-corrected chi connectivity index (χ0v) is 12.6. The largest absolute Gasteiger partial charge is 0.352 e. The highest BCUT2D eigenvalue weighted by atomic mass is 16.6. The van der Waals surface area contributed by atoms with Gasteiger partial charge >= 0.3 is 0 Å². The van der Waals surface area contributed by atoms with E-state index in [0.717, 1.165) is 0 Å². The topological polar surface area (TPSA) is 127 Å². The van der Waals surface area contributed by atoms with Crippen LogP contribution in [0.15, 0.2) is 42.9 Å². The molecule has 0 unspecified atom stereocenters. The number of carbonyl (C=O) groups excluding carboxylic acids is 2. The molecule has 0 fully saturated rings. The second-order valence-corrected chi connectivity index (χ2v) is 4.76. The van der Waals surface area contributed by atoms with Gasteiger partial charge in [-0.25, -0.2) is 4.98 Å². The minimum atomic E-state index is -0.526. The van der Waals surface area contributed by atoms with Crippen LogP contribution in [0.3, 0.4) is 0 Å². The van der Waals surface area contributed by atoms with Crippen molar-refractivity contribution in [2.75, 3.05) is 13.1 Å². The number of hydrogen-bond acceptors (Lipinski definition) is 6. The third-order valence-corrected chi connectivity index (χ3v) is 3.06. The third-order valence-electron chi connectivity index (χ3n) is 3.06. The summed E-state index contributed by atoms with van der Waals surface area (Å²) in [5.41, 5.74) is 0.495. The summed E-state index contributed by atoms with van der Waals surface area (Å²) in [6.45, 7) is 0.729. The van der Waals surface area contributed by atoms with E-state index in [1.54, 1.807) is 0 Å². The van der Waals surface area contributed by atoms with Gasteiger partial charge < -0.3 is 10.6 Å². The molecule has 2 rings (SSSR count). The van der Waals surface area contributed by atoms with Crippen LogP contribution in [-0.2, 0) is 0 Å². The highest BCUT2D eigenvalue weighted by molar-refractivity contribution is 5.94. The van der Waals surface area contributed by atoms with Crippen molar-refractivity contribution in [1.82, 2.24) is 20.6 Å². The highest BCUT2D eigenvalue weighted by Gasteiger charge is 2.09. The zero-order valence-electron chi connectivity index (χ0n) is 12.6. The fourth-order valence-electron chi connectivity index (χ4n) is 1.84. The van der Waals surface area contributed by atoms with Crippen LogP contribution in [0.1, 0.15) is 27.3 Å². The molecule has 2 aromatic rings. The van der Waals surface area contributed by atoms with Crippen LogP contribution < -0.4 is 10.6 Å². The molecule has 0 saturated carbocycles. The standard InChI is InChI=1S/C15H15N5O4/c21-14(11-2-4-12(5-3-11)20(23)24)18-6-1-7-19-15(22)13-10-16-8-9-17-13/h2-5,8-10H,1,6-7H2,(H,18,21)(H,19,22). The molecule has 0 aliphatic heterocycles. The van der Waals surface area contributed by atoms with Crippen LogP contribution >= 0.6 is 0 Å². The van der Waals surface area contributed by atoms with Crippen molar-refractivity contribution in [1.29, 1.82) is 0 Å². The Morgan fingerprint density at radius 2 is 1.71 bits per heavy atom. The summed E-state index contributed by atoms with van der Waals surface area (Å²) in [7, 11) is 0. The van der Waals surface area contributed by atoms with E-state index in [4.69, 9.17) is 0 Å². The summed E-state index contributed by atoms with van der Waals surface area (Å²) >= 11 is 0. The molecular formula is C15H15N5O4. The first kappa shape index (κ1) is 17.0. The summed E-state index contributed by atoms with van der Waals surface area (Å²) in [4.78, 5) is 41.2. The Morgan fingerprint density at radius 3 is 2.29 bits per heavy atom. The van der Waals surface area contributed by atoms with Gasteiger partial charge in [-0.15, -0.1) is 0 Å². The molecule has 1 aromatic carbocycles. The van der Waals surface area contributed by atoms with Gasteiger partial charge in [-0.3, -0.25) is 24.7 Å². The first-order chi connectivity index (χ1) is 11.6. The first-order valence-electron chi connectivity index (χ1n) is 7.15. The molecule has 124 valence electrons. The average molecular weight is 329 g/mol. The number of rotatable bonds is 7. The van der Waals surface area contributed by atoms with Gasteiger partial charge in [0.2, 0.25) is 0 Å². The fourth-order valence-corrected chi connectivity index (χ4v) is 1.84. The molecule has 2 N–H and O–H groups in total. The number of nitrogens with zero attached hydrogens (tertiary/aromatic N) is 3. The van der Waals surface area contributed by atoms with Crippen molar-refractivity contribution in [3.8, 4) is 0 Å². The van der Waals surface area contributed by atoms with Crippen LogP contribution in [0.2, 0.25) is 0 Å². The van der Waals surface area contributed by atoms with Crippen LogP contribution in [0.5, 0.6) is 0 Å². The summed E-state index contributed by atoms with van der Waals surface area (Å²) in [5, 5.41) is 15.9. The Hall–Kier alpha value is -3.36. The smallest absolute Gasteiger partial charge is 0.271 e. The van der Waals surface area contributed by atoms with Crippen molar-refractivity contribution < 1.29 is 14.5 Å². The van der Waals surface area contributed by atoms with Gasteiger partial charge in [-0.2, -0.15) is 0 Å². The van der Waals surface area contributed by atoms with Crippen molar-refractivity contribution >= 4 is 17.5 Å². The predicted molar refractivity (Wildman–Crippen MR) is 84.4 cm³/mol. The van der Waals surface area contributed by atoms with Gasteiger partial charge in [-0.1, -0.05) is 0 Å². The lowest BCUT2D eigenvalue weighted by Crippen LogP contribution is -2.30. The van der Waals surface area contributed by atoms with Crippen molar-refractivity contribution in [2.24, 2.45) is 0 Å². The molecular weight excluding hydrogens is 314 g/mol. The number of nitrogens with one attached hydrogen (secondary N) is 2. The van der Waals surface area contributed by atoms with E-state index in [-0.39, 0.29) is 23.2 Å². The van der Waals surface area contributed by atoms with Crippen LogP contribution in [-0.4, -0.2) is 39.8 Å². The molecule has 9 heteroatoms. The molecule has 0 spiro atoms. The third kappa shape index (κ3) is 4.83. The monoisotopic (exact) mass is 329 g/mol. The maximum atomic E-state index is 11.9. The number of carbonyl (C=O) groups is 2. The van der Waals surface area contributed by atoms with E-state index in [2.05, 4.69) is 20.6 Å². The minimum absolute atomic E-state index is 0.0710. The molecule has 0 saturated heterocycles. The Bertz CT molecular complexity index is 718. The first-order valence-corrected chi connectivity index (χ1v) is 7.15. The summed E-state index contributed by atoms with van der Waals surface area (Å²) in [6, 6.07) is 5.33. The van der Waals surface area contributed by atoms with Crippen LogP contribution in [0, 0.1) is 10.1 Å². The lowest BCUT2D eigenvalue weighted by Gasteiger charge is -2.06. The number of nitro benzene ring substituents is 1. The number of non-ortho nitro benzene ring substituents is 1. The van der Waals surface area contributed by atoms with Crippen molar-refractivity contribution in [2.45, 2.75) is 6.42 Å². The molecule has 1 aromatic heterocycles. The molecule has 9 nitrogen and oxygen atoms in total. The maximum absolute atomic E-state index is 11.9. The van der Waals surface area contributed by atoms with Crippen LogP contribution in [0.4, 0.5) is 5.69 Å². The predicted octanol–water partition coefficient (Wildman–Crippen LogP) is 0.935. The summed E-state index contributed by atoms with van der Waals surface area (Å²) in [5.74, 6) is -0.657. The lowest BCUT2D eigenvalue weighted by molar-refractivity contribution is -0.384. The van der Waals surface area contributed by atoms with E-state index < -0.39 is 4.92 Å². The van der Waals surface area contributed by atoms with E-state index in [9.17, 15) is 19.7 Å². The minimum Gasteiger partial charge on any atom is -0.352 e. The van der Waals surface area contributed by atoms with Gasteiger partial charge in [0.15, 0.2) is 0 Å². The van der Waals surface area contributed by atoms with E-state index in [1.807, 2.05) is 0 Å². The molecule has 2 amide bonds. The Kier molecular flexibility index (Phi) is 5.89. The average Bonchev–Trinajstić information content (AvgIpc) is 2.62. The van der Waals surface area contributed by atoms with Crippen molar-refractivity contribution in [3.63, 3.8) is 0 Å². The molecule has 0 aliphatic rings. The molecule has 1 heterocycles. The SMILES string of the molecule is O=C(NCCCNC(=O)c1cnccn1)c1ccc([N+](=O)[O-])cc1. The highest BCUT2D eigenvalue weighted by Crippen LogP contribution is 2.11. The molecule has 0 aliphatic carbocycles. The molecule has 0 radical (unpaired) electrons. The van der Waals surface area contributed by atoms with E-state index in [0.29, 0.717) is 25.1 Å². The number of aromatic nitrogens is 2. The maximum Gasteiger partial charge on any atom is 0.271 e. The Morgan fingerprint density at radius 1 is 1.04 bits per heavy atom. The number of benzene rings is 1. The van der Waals surface area contributed by atoms with Crippen molar-refractivity contribution in [3.05, 3.63) is 64.2 Å². The van der Waals surface area contributed by atoms with Gasteiger partial charge in [-0.05, 0) is 18.6 Å². The second-order valence-electron chi connectivity index (χ2n) is 4.76. The number of hydrogen-bond donors (Lipinski definition) is 2. The van der Waals surface area contributed by atoms with Crippen LogP contribution in [0.25, 0.3) is 0 Å². The zero-order chi connectivity index (χ0) is 17.4. The van der Waals surface area contributed by atoms with E-state index in [1.165, 1.54) is 42.9 Å². The molecule has 0 atom stereocenters. The Labute approximate surface area is 137 Å². The van der Waals surface area contributed by atoms with Gasteiger partial charge in [0.1, 0.15) is 5.69 Å². The normalized spacial score (nSPS) is 10.0.